The quantitative estimate of drug-likeness (QED) is 0.653. The van der Waals surface area contributed by atoms with Gasteiger partial charge in [0.15, 0.2) is 0 Å². The lowest BCUT2D eigenvalue weighted by atomic mass is 10.2. The van der Waals surface area contributed by atoms with Gasteiger partial charge in [-0.3, -0.25) is 4.79 Å². The average molecular weight is 478 g/mol. The van der Waals surface area contributed by atoms with Crippen molar-refractivity contribution in [1.29, 1.82) is 0 Å². The number of benzene rings is 2. The maximum atomic E-state index is 13.2. The van der Waals surface area contributed by atoms with Crippen molar-refractivity contribution in [3.8, 4) is 0 Å². The van der Waals surface area contributed by atoms with E-state index in [1.165, 1.54) is 8.61 Å². The van der Waals surface area contributed by atoms with Crippen molar-refractivity contribution >= 4 is 26.0 Å². The second-order valence-corrected chi connectivity index (χ2v) is 12.0. The summed E-state index contributed by atoms with van der Waals surface area (Å²) in [6.07, 6.45) is 1.08. The normalized spacial score (nSPS) is 21.0. The number of carbonyl (C=O) groups is 1. The van der Waals surface area contributed by atoms with Gasteiger partial charge in [0, 0.05) is 32.7 Å². The van der Waals surface area contributed by atoms with Crippen molar-refractivity contribution in [2.24, 2.45) is 0 Å². The van der Waals surface area contributed by atoms with Gasteiger partial charge in [-0.1, -0.05) is 35.9 Å². The molecule has 10 heteroatoms. The van der Waals surface area contributed by atoms with Gasteiger partial charge in [-0.05, 0) is 44.0 Å². The zero-order valence-electron chi connectivity index (χ0n) is 17.9. The topological polar surface area (TPSA) is 95.1 Å². The first-order chi connectivity index (χ1) is 15.2. The average Bonchev–Trinajstić information content (AvgIpc) is 3.30. The fraction of sp³-hybridized carbons (Fsp3) is 0.409. The third-order valence-electron chi connectivity index (χ3n) is 6.05. The predicted molar refractivity (Wildman–Crippen MR) is 120 cm³/mol. The van der Waals surface area contributed by atoms with Crippen molar-refractivity contribution in [3.63, 3.8) is 0 Å². The number of hydrogen-bond acceptors (Lipinski definition) is 5. The third kappa shape index (κ3) is 4.32. The second kappa shape index (κ2) is 8.93. The number of hydrogen-bond donors (Lipinski definition) is 0. The molecule has 2 aromatic carbocycles. The highest BCUT2D eigenvalue weighted by atomic mass is 32.2. The molecule has 0 saturated carbocycles. The molecule has 0 aromatic heterocycles. The molecule has 0 N–H and O–H groups in total. The molecule has 0 bridgehead atoms. The SMILES string of the molecule is Cc1ccc(S(=O)(=O)N2CCC[C@H]2C(=O)N2CCN(S(=O)(=O)c3ccccc3)CC2)cc1. The van der Waals surface area contributed by atoms with Gasteiger partial charge < -0.3 is 4.90 Å². The van der Waals surface area contributed by atoms with E-state index in [0.29, 0.717) is 19.4 Å². The minimum atomic E-state index is -3.78. The molecule has 2 saturated heterocycles. The van der Waals surface area contributed by atoms with Crippen LogP contribution in [0.15, 0.2) is 64.4 Å². The minimum absolute atomic E-state index is 0.181. The van der Waals surface area contributed by atoms with Gasteiger partial charge in [0.1, 0.15) is 6.04 Å². The van der Waals surface area contributed by atoms with E-state index < -0.39 is 26.1 Å². The molecule has 2 fully saturated rings. The van der Waals surface area contributed by atoms with E-state index >= 15 is 0 Å². The number of amides is 1. The largest absolute Gasteiger partial charge is 0.339 e. The maximum Gasteiger partial charge on any atom is 0.243 e. The Morgan fingerprint density at radius 2 is 1.38 bits per heavy atom. The molecule has 0 spiro atoms. The molecule has 1 amide bonds. The van der Waals surface area contributed by atoms with E-state index in [-0.39, 0.29) is 41.9 Å². The Labute approximate surface area is 189 Å². The van der Waals surface area contributed by atoms with Crippen LogP contribution >= 0.6 is 0 Å². The van der Waals surface area contributed by atoms with Crippen molar-refractivity contribution in [3.05, 3.63) is 60.2 Å². The van der Waals surface area contributed by atoms with E-state index in [1.54, 1.807) is 59.5 Å². The number of nitrogens with zero attached hydrogens (tertiary/aromatic N) is 3. The molecular formula is C22H27N3O5S2. The Bertz CT molecular complexity index is 1170. The third-order valence-corrected chi connectivity index (χ3v) is 9.88. The number of sulfonamides is 2. The summed E-state index contributed by atoms with van der Waals surface area (Å²) in [4.78, 5) is 15.2. The Kier molecular flexibility index (Phi) is 6.39. The van der Waals surface area contributed by atoms with Crippen LogP contribution in [0, 0.1) is 6.92 Å². The zero-order chi connectivity index (χ0) is 22.9. The lowest BCUT2D eigenvalue weighted by molar-refractivity contribution is -0.135. The van der Waals surface area contributed by atoms with Crippen molar-refractivity contribution in [2.75, 3.05) is 32.7 Å². The summed E-state index contributed by atoms with van der Waals surface area (Å²) in [7, 11) is -7.39. The van der Waals surface area contributed by atoms with Crippen LogP contribution in [0.5, 0.6) is 0 Å². The highest BCUT2D eigenvalue weighted by molar-refractivity contribution is 7.89. The number of carbonyl (C=O) groups excluding carboxylic acids is 1. The van der Waals surface area contributed by atoms with Gasteiger partial charge in [0.2, 0.25) is 26.0 Å². The first kappa shape index (κ1) is 22.9. The van der Waals surface area contributed by atoms with Gasteiger partial charge >= 0.3 is 0 Å². The van der Waals surface area contributed by atoms with Crippen LogP contribution in [-0.2, 0) is 24.8 Å². The van der Waals surface area contributed by atoms with Gasteiger partial charge in [-0.15, -0.1) is 0 Å². The minimum Gasteiger partial charge on any atom is -0.339 e. The lowest BCUT2D eigenvalue weighted by Crippen LogP contribution is -2.55. The first-order valence-electron chi connectivity index (χ1n) is 10.6. The summed E-state index contributed by atoms with van der Waals surface area (Å²) in [6, 6.07) is 14.1. The molecule has 2 aromatic rings. The highest BCUT2D eigenvalue weighted by Gasteiger charge is 2.42. The molecule has 0 aliphatic carbocycles. The van der Waals surface area contributed by atoms with Gasteiger partial charge in [0.05, 0.1) is 9.79 Å². The second-order valence-electron chi connectivity index (χ2n) is 8.13. The zero-order valence-corrected chi connectivity index (χ0v) is 19.6. The van der Waals surface area contributed by atoms with Crippen LogP contribution in [-0.4, -0.2) is 75.0 Å². The first-order valence-corrected chi connectivity index (χ1v) is 13.5. The predicted octanol–water partition coefficient (Wildman–Crippen LogP) is 1.68. The number of rotatable bonds is 5. The Morgan fingerprint density at radius 1 is 0.781 bits per heavy atom. The molecule has 1 atom stereocenters. The van der Waals surface area contributed by atoms with Crippen LogP contribution in [0.4, 0.5) is 0 Å². The molecule has 2 aliphatic rings. The van der Waals surface area contributed by atoms with Crippen LogP contribution < -0.4 is 0 Å². The number of piperazine rings is 1. The monoisotopic (exact) mass is 477 g/mol. The Balaban J connectivity index is 1.45. The van der Waals surface area contributed by atoms with E-state index in [2.05, 4.69) is 0 Å². The van der Waals surface area contributed by atoms with Gasteiger partial charge in [-0.2, -0.15) is 8.61 Å². The lowest BCUT2D eigenvalue weighted by Gasteiger charge is -2.36. The summed E-state index contributed by atoms with van der Waals surface area (Å²) in [6.45, 7) is 3.02. The molecule has 32 heavy (non-hydrogen) atoms. The molecular weight excluding hydrogens is 450 g/mol. The molecule has 0 unspecified atom stereocenters. The van der Waals surface area contributed by atoms with E-state index in [9.17, 15) is 21.6 Å². The van der Waals surface area contributed by atoms with Gasteiger partial charge in [-0.25, -0.2) is 16.8 Å². The molecule has 0 radical (unpaired) electrons. The van der Waals surface area contributed by atoms with Crippen LogP contribution in [0.1, 0.15) is 18.4 Å². The molecule has 4 rings (SSSR count). The summed E-state index contributed by atoms with van der Waals surface area (Å²) >= 11 is 0. The standard InChI is InChI=1S/C22H27N3O5S2/c1-18-9-11-20(12-10-18)32(29,30)25-13-5-8-21(25)22(26)23-14-16-24(17-15-23)31(27,28)19-6-3-2-4-7-19/h2-4,6-7,9-12,21H,5,8,13-17H2,1H3/t21-/m0/s1. The Morgan fingerprint density at radius 3 is 2.00 bits per heavy atom. The van der Waals surface area contributed by atoms with E-state index in [1.807, 2.05) is 6.92 Å². The molecule has 172 valence electrons. The number of aryl methyl sites for hydroxylation is 1. The van der Waals surface area contributed by atoms with Crippen molar-refractivity contribution in [1.82, 2.24) is 13.5 Å². The van der Waals surface area contributed by atoms with Gasteiger partial charge in [0.25, 0.3) is 0 Å². The van der Waals surface area contributed by atoms with E-state index in [4.69, 9.17) is 0 Å². The highest BCUT2D eigenvalue weighted by Crippen LogP contribution is 2.28. The van der Waals surface area contributed by atoms with Crippen molar-refractivity contribution in [2.45, 2.75) is 35.6 Å². The van der Waals surface area contributed by atoms with Crippen LogP contribution in [0.25, 0.3) is 0 Å². The van der Waals surface area contributed by atoms with Crippen LogP contribution in [0.3, 0.4) is 0 Å². The smallest absolute Gasteiger partial charge is 0.243 e. The van der Waals surface area contributed by atoms with Crippen LogP contribution in [0.2, 0.25) is 0 Å². The fourth-order valence-corrected chi connectivity index (χ4v) is 7.32. The van der Waals surface area contributed by atoms with Crippen molar-refractivity contribution < 1.29 is 21.6 Å². The fourth-order valence-electron chi connectivity index (χ4n) is 4.22. The summed E-state index contributed by atoms with van der Waals surface area (Å²) in [5, 5.41) is 0. The maximum absolute atomic E-state index is 13.2. The summed E-state index contributed by atoms with van der Waals surface area (Å²) in [5.74, 6) is -0.255. The molecule has 2 aliphatic heterocycles. The Hall–Kier alpha value is -2.27. The molecule has 2 heterocycles. The summed E-state index contributed by atoms with van der Waals surface area (Å²) < 4.78 is 54.6. The summed E-state index contributed by atoms with van der Waals surface area (Å²) in [5.41, 5.74) is 0.960. The van der Waals surface area contributed by atoms with E-state index in [0.717, 1.165) is 5.56 Å². The molecule has 8 nitrogen and oxygen atoms in total.